The molecule has 0 saturated heterocycles. The molecule has 0 aliphatic carbocycles. The van der Waals surface area contributed by atoms with E-state index in [2.05, 4.69) is 10.5 Å². The number of hydrogen-bond donors (Lipinski definition) is 1. The average Bonchev–Trinajstić information content (AvgIpc) is 2.95. The van der Waals surface area contributed by atoms with Crippen molar-refractivity contribution >= 4 is 33.5 Å². The van der Waals surface area contributed by atoms with Gasteiger partial charge in [-0.3, -0.25) is 19.2 Å². The molecule has 0 radical (unpaired) electrons. The summed E-state index contributed by atoms with van der Waals surface area (Å²) < 4.78 is 49.1. The summed E-state index contributed by atoms with van der Waals surface area (Å²) in [5.41, 5.74) is 2.14. The van der Waals surface area contributed by atoms with E-state index in [1.165, 1.54) is 65.0 Å². The van der Waals surface area contributed by atoms with Crippen LogP contribution in [0.1, 0.15) is 5.56 Å². The number of rotatable bonds is 12. The van der Waals surface area contributed by atoms with Crippen molar-refractivity contribution < 1.29 is 37.1 Å². The minimum absolute atomic E-state index is 0.0459. The lowest BCUT2D eigenvalue weighted by molar-refractivity contribution is -0.387. The van der Waals surface area contributed by atoms with Crippen LogP contribution >= 0.6 is 0 Å². The fraction of sp³-hybridized carbons (Fsp3) is 0.200. The van der Waals surface area contributed by atoms with Crippen molar-refractivity contribution in [2.24, 2.45) is 5.10 Å². The number of para-hydroxylation sites is 1. The van der Waals surface area contributed by atoms with Crippen LogP contribution in [0, 0.1) is 10.1 Å². The fourth-order valence-corrected chi connectivity index (χ4v) is 5.10. The summed E-state index contributed by atoms with van der Waals surface area (Å²) in [7, 11) is 1.05. The average molecular weight is 559 g/mol. The molecule has 0 aliphatic heterocycles. The quantitative estimate of drug-likeness (QED) is 0.200. The Bertz CT molecular complexity index is 1490. The van der Waals surface area contributed by atoms with E-state index in [9.17, 15) is 23.3 Å². The van der Waals surface area contributed by atoms with Gasteiger partial charge in [-0.25, -0.2) is 13.8 Å². The van der Waals surface area contributed by atoms with Crippen molar-refractivity contribution in [3.05, 3.63) is 76.3 Å². The smallest absolute Gasteiger partial charge is 0.289 e. The van der Waals surface area contributed by atoms with Gasteiger partial charge in [-0.15, -0.1) is 0 Å². The van der Waals surface area contributed by atoms with Crippen molar-refractivity contribution in [2.45, 2.75) is 4.90 Å². The highest BCUT2D eigenvalue weighted by atomic mass is 32.2. The van der Waals surface area contributed by atoms with Crippen molar-refractivity contribution in [2.75, 3.05) is 39.3 Å². The topological polar surface area (TPSA) is 159 Å². The summed E-state index contributed by atoms with van der Waals surface area (Å²) in [6.07, 6.45) is 1.33. The Morgan fingerprint density at radius 2 is 1.64 bits per heavy atom. The van der Waals surface area contributed by atoms with Gasteiger partial charge in [0.05, 0.1) is 45.3 Å². The first-order chi connectivity index (χ1) is 18.7. The molecule has 0 aromatic heterocycles. The molecule has 39 heavy (non-hydrogen) atoms. The van der Waals surface area contributed by atoms with Crippen molar-refractivity contribution in [1.82, 2.24) is 5.43 Å². The largest absolute Gasteiger partial charge is 0.497 e. The molecule has 3 aromatic carbocycles. The number of hydrogen-bond acceptors (Lipinski definition) is 10. The number of benzene rings is 3. The van der Waals surface area contributed by atoms with Crippen LogP contribution in [0.5, 0.6) is 23.0 Å². The molecule has 1 N–H and O–H groups in total. The molecular formula is C25H26N4O9S. The van der Waals surface area contributed by atoms with E-state index in [0.29, 0.717) is 27.1 Å². The summed E-state index contributed by atoms with van der Waals surface area (Å²) in [6.45, 7) is -0.777. The van der Waals surface area contributed by atoms with Gasteiger partial charge in [-0.1, -0.05) is 12.1 Å². The lowest BCUT2D eigenvalue weighted by atomic mass is 10.2. The number of nitrogens with zero attached hydrogens (tertiary/aromatic N) is 3. The molecule has 3 aromatic rings. The summed E-state index contributed by atoms with van der Waals surface area (Å²) in [5, 5.41) is 15.5. The third kappa shape index (κ3) is 6.54. The van der Waals surface area contributed by atoms with Crippen LogP contribution in [0.25, 0.3) is 0 Å². The Balaban J connectivity index is 1.97. The van der Waals surface area contributed by atoms with Crippen LogP contribution in [-0.2, 0) is 14.8 Å². The molecule has 0 saturated carbocycles. The van der Waals surface area contributed by atoms with Crippen LogP contribution in [0.4, 0.5) is 11.4 Å². The van der Waals surface area contributed by atoms with E-state index in [1.54, 1.807) is 18.2 Å². The zero-order valence-electron chi connectivity index (χ0n) is 21.5. The fourth-order valence-electron chi connectivity index (χ4n) is 3.51. The Morgan fingerprint density at radius 3 is 2.28 bits per heavy atom. The molecule has 0 atom stereocenters. The third-order valence-corrected chi connectivity index (χ3v) is 7.19. The monoisotopic (exact) mass is 558 g/mol. The first-order valence-electron chi connectivity index (χ1n) is 11.2. The molecule has 14 heteroatoms. The molecule has 0 spiro atoms. The van der Waals surface area contributed by atoms with Crippen LogP contribution in [0.3, 0.4) is 0 Å². The van der Waals surface area contributed by atoms with E-state index < -0.39 is 38.0 Å². The number of nitro groups is 1. The normalized spacial score (nSPS) is 11.1. The second-order valence-corrected chi connectivity index (χ2v) is 9.51. The number of ether oxygens (including phenoxy) is 4. The summed E-state index contributed by atoms with van der Waals surface area (Å²) >= 11 is 0. The SMILES string of the molecule is COc1ccc(N(CC(=O)N/N=C\c2ccc(OC)c(OC)c2)S(=O)(=O)c2ccccc2[N+](=O)[O-])c(OC)c1. The maximum absolute atomic E-state index is 13.7. The summed E-state index contributed by atoms with van der Waals surface area (Å²) in [6, 6.07) is 14.0. The Hall–Kier alpha value is -4.85. The van der Waals surface area contributed by atoms with Gasteiger partial charge >= 0.3 is 0 Å². The molecular weight excluding hydrogens is 532 g/mol. The van der Waals surface area contributed by atoms with Crippen LogP contribution in [0.2, 0.25) is 0 Å². The van der Waals surface area contributed by atoms with Crippen LogP contribution in [0.15, 0.2) is 70.7 Å². The summed E-state index contributed by atoms with van der Waals surface area (Å²) in [5.74, 6) is 0.539. The number of hydrazone groups is 1. The minimum atomic E-state index is -4.64. The number of carbonyl (C=O) groups is 1. The van der Waals surface area contributed by atoms with E-state index in [-0.39, 0.29) is 11.4 Å². The van der Waals surface area contributed by atoms with Crippen LogP contribution < -0.4 is 28.7 Å². The standard InChI is InChI=1S/C25H26N4O9S/c1-35-18-10-11-19(22(14-18)37-3)28(39(33,34)24-8-6-5-7-20(24)29(31)32)16-25(30)27-26-15-17-9-12-21(36-2)23(13-17)38-4/h5-15H,16H2,1-4H3,(H,27,30)/b26-15-. The molecule has 0 heterocycles. The van der Waals surface area contributed by atoms with E-state index in [0.717, 1.165) is 12.1 Å². The van der Waals surface area contributed by atoms with Gasteiger partial charge in [0.1, 0.15) is 18.0 Å². The zero-order chi connectivity index (χ0) is 28.6. The molecule has 1 amide bonds. The van der Waals surface area contributed by atoms with Gasteiger partial charge in [0.15, 0.2) is 16.4 Å². The first-order valence-corrected chi connectivity index (χ1v) is 12.6. The van der Waals surface area contributed by atoms with Gasteiger partial charge in [-0.2, -0.15) is 5.10 Å². The highest BCUT2D eigenvalue weighted by Crippen LogP contribution is 2.37. The van der Waals surface area contributed by atoms with Crippen LogP contribution in [-0.4, -0.2) is 60.4 Å². The lowest BCUT2D eigenvalue weighted by Gasteiger charge is -2.25. The molecule has 0 unspecified atom stereocenters. The second-order valence-electron chi connectivity index (χ2n) is 7.68. The van der Waals surface area contributed by atoms with E-state index >= 15 is 0 Å². The van der Waals surface area contributed by atoms with E-state index in [1.807, 2.05) is 0 Å². The molecule has 0 aliphatic rings. The Morgan fingerprint density at radius 1 is 0.949 bits per heavy atom. The number of nitro benzene ring substituents is 1. The highest BCUT2D eigenvalue weighted by molar-refractivity contribution is 7.93. The highest BCUT2D eigenvalue weighted by Gasteiger charge is 2.34. The molecule has 206 valence electrons. The number of carbonyl (C=O) groups excluding carboxylic acids is 1. The predicted octanol–water partition coefficient (Wildman–Crippen LogP) is 2.97. The Labute approximate surface area is 224 Å². The second kappa shape index (κ2) is 12.6. The number of methoxy groups -OCH3 is 4. The lowest BCUT2D eigenvalue weighted by Crippen LogP contribution is -2.40. The zero-order valence-corrected chi connectivity index (χ0v) is 22.3. The number of anilines is 1. The number of nitrogens with one attached hydrogen (secondary N) is 1. The van der Waals surface area contributed by atoms with Gasteiger partial charge in [-0.05, 0) is 42.0 Å². The number of sulfonamides is 1. The molecule has 13 nitrogen and oxygen atoms in total. The van der Waals surface area contributed by atoms with Crippen molar-refractivity contribution in [1.29, 1.82) is 0 Å². The maximum atomic E-state index is 13.7. The van der Waals surface area contributed by atoms with Gasteiger partial charge in [0.2, 0.25) is 0 Å². The van der Waals surface area contributed by atoms with Gasteiger partial charge in [0, 0.05) is 12.1 Å². The molecule has 0 bridgehead atoms. The minimum Gasteiger partial charge on any atom is -0.497 e. The number of amides is 1. The van der Waals surface area contributed by atoms with Gasteiger partial charge in [0.25, 0.3) is 21.6 Å². The first kappa shape index (κ1) is 28.7. The third-order valence-electron chi connectivity index (χ3n) is 5.38. The predicted molar refractivity (Wildman–Crippen MR) is 142 cm³/mol. The molecule has 3 rings (SSSR count). The van der Waals surface area contributed by atoms with Crippen molar-refractivity contribution in [3.63, 3.8) is 0 Å². The van der Waals surface area contributed by atoms with E-state index in [4.69, 9.17) is 18.9 Å². The maximum Gasteiger partial charge on any atom is 0.289 e. The molecule has 0 fully saturated rings. The summed E-state index contributed by atoms with van der Waals surface area (Å²) in [4.78, 5) is 23.1. The van der Waals surface area contributed by atoms with Crippen molar-refractivity contribution in [3.8, 4) is 23.0 Å². The Kier molecular flexibility index (Phi) is 9.28. The van der Waals surface area contributed by atoms with Gasteiger partial charge < -0.3 is 18.9 Å².